The van der Waals surface area contributed by atoms with Gasteiger partial charge in [-0.3, -0.25) is 4.79 Å². The first-order chi connectivity index (χ1) is 10.8. The highest BCUT2D eigenvalue weighted by Crippen LogP contribution is 2.25. The summed E-state index contributed by atoms with van der Waals surface area (Å²) < 4.78 is 5.55. The maximum absolute atomic E-state index is 12.6. The Bertz CT molecular complexity index is 599. The molecule has 2 N–H and O–H groups in total. The van der Waals surface area contributed by atoms with Crippen LogP contribution in [0.1, 0.15) is 25.5 Å². The van der Waals surface area contributed by atoms with Crippen LogP contribution in [-0.2, 0) is 4.79 Å². The van der Waals surface area contributed by atoms with Crippen molar-refractivity contribution in [2.75, 3.05) is 18.5 Å². The van der Waals surface area contributed by atoms with E-state index in [2.05, 4.69) is 10.6 Å². The molecule has 116 valence electrons. The van der Waals surface area contributed by atoms with Crippen LogP contribution in [0.5, 0.6) is 5.75 Å². The van der Waals surface area contributed by atoms with Crippen molar-refractivity contribution in [3.63, 3.8) is 0 Å². The van der Waals surface area contributed by atoms with Crippen molar-refractivity contribution < 1.29 is 9.53 Å². The fourth-order valence-corrected chi connectivity index (χ4v) is 2.27. The summed E-state index contributed by atoms with van der Waals surface area (Å²) in [5.41, 5.74) is 1.63. The average molecular weight is 298 g/mol. The number of hydrogen-bond donors (Lipinski definition) is 2. The van der Waals surface area contributed by atoms with E-state index >= 15 is 0 Å². The molecule has 2 aromatic rings. The molecule has 0 spiro atoms. The second kappa shape index (κ2) is 8.20. The molecule has 2 aromatic carbocycles. The Morgan fingerprint density at radius 2 is 1.73 bits per heavy atom. The van der Waals surface area contributed by atoms with E-state index in [0.29, 0.717) is 24.6 Å². The highest BCUT2D eigenvalue weighted by Gasteiger charge is 2.20. The number of anilines is 1. The van der Waals surface area contributed by atoms with Crippen molar-refractivity contribution in [3.05, 3.63) is 60.2 Å². The van der Waals surface area contributed by atoms with E-state index in [1.165, 1.54) is 0 Å². The first-order valence-electron chi connectivity index (χ1n) is 7.57. The molecular formula is C18H22N2O2. The molecule has 1 atom stereocenters. The number of amides is 1. The molecule has 0 aliphatic carbocycles. The zero-order chi connectivity index (χ0) is 15.8. The van der Waals surface area contributed by atoms with Crippen molar-refractivity contribution >= 4 is 11.6 Å². The summed E-state index contributed by atoms with van der Waals surface area (Å²) in [7, 11) is 0. The molecular weight excluding hydrogens is 276 g/mol. The Morgan fingerprint density at radius 1 is 1.05 bits per heavy atom. The fourth-order valence-electron chi connectivity index (χ4n) is 2.27. The van der Waals surface area contributed by atoms with Gasteiger partial charge in [0.1, 0.15) is 11.8 Å². The first kappa shape index (κ1) is 16.0. The molecule has 0 saturated heterocycles. The summed E-state index contributed by atoms with van der Waals surface area (Å²) >= 11 is 0. The van der Waals surface area contributed by atoms with Gasteiger partial charge in [-0.25, -0.2) is 0 Å². The monoisotopic (exact) mass is 298 g/mol. The standard InChI is InChI=1S/C18H22N2O2/c1-3-19-17(14-10-6-5-7-11-14)18(21)20-15-12-8-9-13-16(15)22-4-2/h5-13,17,19H,3-4H2,1-2H3,(H,20,21)/t17-/m0/s1. The highest BCUT2D eigenvalue weighted by molar-refractivity contribution is 5.96. The number of benzene rings is 2. The van der Waals surface area contributed by atoms with Crippen LogP contribution in [-0.4, -0.2) is 19.1 Å². The molecule has 22 heavy (non-hydrogen) atoms. The fraction of sp³-hybridized carbons (Fsp3) is 0.278. The van der Waals surface area contributed by atoms with Crippen LogP contribution in [0.4, 0.5) is 5.69 Å². The van der Waals surface area contributed by atoms with E-state index in [4.69, 9.17) is 4.74 Å². The van der Waals surface area contributed by atoms with Crippen LogP contribution < -0.4 is 15.4 Å². The number of carbonyl (C=O) groups excluding carboxylic acids is 1. The van der Waals surface area contributed by atoms with Crippen LogP contribution in [0.3, 0.4) is 0 Å². The number of ether oxygens (including phenoxy) is 1. The molecule has 4 heteroatoms. The second-order valence-electron chi connectivity index (χ2n) is 4.82. The number of likely N-dealkylation sites (N-methyl/N-ethyl adjacent to an activating group) is 1. The lowest BCUT2D eigenvalue weighted by molar-refractivity contribution is -0.118. The highest BCUT2D eigenvalue weighted by atomic mass is 16.5. The molecule has 0 unspecified atom stereocenters. The normalized spacial score (nSPS) is 11.7. The Hall–Kier alpha value is -2.33. The van der Waals surface area contributed by atoms with Crippen LogP contribution in [0.15, 0.2) is 54.6 Å². The van der Waals surface area contributed by atoms with E-state index in [9.17, 15) is 4.79 Å². The molecule has 0 radical (unpaired) electrons. The van der Waals surface area contributed by atoms with E-state index in [0.717, 1.165) is 5.56 Å². The Morgan fingerprint density at radius 3 is 2.41 bits per heavy atom. The third-order valence-electron chi connectivity index (χ3n) is 3.25. The molecule has 2 rings (SSSR count). The molecule has 0 aromatic heterocycles. The molecule has 1 amide bonds. The summed E-state index contributed by atoms with van der Waals surface area (Å²) in [6.07, 6.45) is 0. The SMILES string of the molecule is CCN[C@H](C(=O)Nc1ccccc1OCC)c1ccccc1. The van der Waals surface area contributed by atoms with Crippen LogP contribution >= 0.6 is 0 Å². The smallest absolute Gasteiger partial charge is 0.246 e. The summed E-state index contributed by atoms with van der Waals surface area (Å²) in [4.78, 5) is 12.6. The maximum atomic E-state index is 12.6. The van der Waals surface area contributed by atoms with Crippen molar-refractivity contribution in [2.45, 2.75) is 19.9 Å². The lowest BCUT2D eigenvalue weighted by Crippen LogP contribution is -2.33. The van der Waals surface area contributed by atoms with Crippen LogP contribution in [0, 0.1) is 0 Å². The number of nitrogens with one attached hydrogen (secondary N) is 2. The van der Waals surface area contributed by atoms with Crippen LogP contribution in [0.2, 0.25) is 0 Å². The van der Waals surface area contributed by atoms with Crippen LogP contribution in [0.25, 0.3) is 0 Å². The van der Waals surface area contributed by atoms with Gasteiger partial charge in [0.25, 0.3) is 0 Å². The van der Waals surface area contributed by atoms with Crippen molar-refractivity contribution in [2.24, 2.45) is 0 Å². The quantitative estimate of drug-likeness (QED) is 0.824. The average Bonchev–Trinajstić information content (AvgIpc) is 2.55. The van der Waals surface area contributed by atoms with Gasteiger partial charge in [0.05, 0.1) is 12.3 Å². The Labute approximate surface area is 131 Å². The maximum Gasteiger partial charge on any atom is 0.246 e. The van der Waals surface area contributed by atoms with Gasteiger partial charge in [-0.05, 0) is 31.2 Å². The van der Waals surface area contributed by atoms with Gasteiger partial charge in [0.15, 0.2) is 0 Å². The molecule has 0 aliphatic rings. The minimum atomic E-state index is -0.388. The van der Waals surface area contributed by atoms with E-state index < -0.39 is 0 Å². The third-order valence-corrected chi connectivity index (χ3v) is 3.25. The predicted molar refractivity (Wildman–Crippen MR) is 89.1 cm³/mol. The molecule has 0 aliphatic heterocycles. The predicted octanol–water partition coefficient (Wildman–Crippen LogP) is 3.37. The number of para-hydroxylation sites is 2. The Kier molecular flexibility index (Phi) is 5.98. The third kappa shape index (κ3) is 4.09. The van der Waals surface area contributed by atoms with Gasteiger partial charge in [0, 0.05) is 0 Å². The van der Waals surface area contributed by atoms with Gasteiger partial charge >= 0.3 is 0 Å². The number of hydrogen-bond acceptors (Lipinski definition) is 3. The first-order valence-corrected chi connectivity index (χ1v) is 7.57. The van der Waals surface area contributed by atoms with Gasteiger partial charge in [-0.15, -0.1) is 0 Å². The minimum Gasteiger partial charge on any atom is -0.492 e. The number of rotatable bonds is 7. The van der Waals surface area contributed by atoms with Gasteiger partial charge in [0.2, 0.25) is 5.91 Å². The molecule has 0 fully saturated rings. The van der Waals surface area contributed by atoms with Crippen molar-refractivity contribution in [1.82, 2.24) is 5.32 Å². The topological polar surface area (TPSA) is 50.4 Å². The van der Waals surface area contributed by atoms with Gasteiger partial charge in [-0.1, -0.05) is 49.4 Å². The summed E-state index contributed by atoms with van der Waals surface area (Å²) in [6, 6.07) is 16.8. The lowest BCUT2D eigenvalue weighted by atomic mass is 10.1. The van der Waals surface area contributed by atoms with Crippen molar-refractivity contribution in [3.8, 4) is 5.75 Å². The molecule has 0 saturated carbocycles. The Balaban J connectivity index is 2.18. The molecule has 0 bridgehead atoms. The largest absolute Gasteiger partial charge is 0.492 e. The molecule has 0 heterocycles. The van der Waals surface area contributed by atoms with Gasteiger partial charge in [-0.2, -0.15) is 0 Å². The minimum absolute atomic E-state index is 0.0970. The van der Waals surface area contributed by atoms with Gasteiger partial charge < -0.3 is 15.4 Å². The number of carbonyl (C=O) groups is 1. The van der Waals surface area contributed by atoms with E-state index in [-0.39, 0.29) is 11.9 Å². The van der Waals surface area contributed by atoms with E-state index in [1.54, 1.807) is 0 Å². The van der Waals surface area contributed by atoms with Crippen molar-refractivity contribution in [1.29, 1.82) is 0 Å². The van der Waals surface area contributed by atoms with E-state index in [1.807, 2.05) is 68.4 Å². The second-order valence-corrected chi connectivity index (χ2v) is 4.82. The zero-order valence-corrected chi connectivity index (χ0v) is 13.0. The zero-order valence-electron chi connectivity index (χ0n) is 13.0. The molecule has 4 nitrogen and oxygen atoms in total. The summed E-state index contributed by atoms with van der Waals surface area (Å²) in [5, 5.41) is 6.17. The summed E-state index contributed by atoms with van der Waals surface area (Å²) in [6.45, 7) is 5.17. The summed E-state index contributed by atoms with van der Waals surface area (Å²) in [5.74, 6) is 0.585. The lowest BCUT2D eigenvalue weighted by Gasteiger charge is -2.19.